The van der Waals surface area contributed by atoms with Crippen LogP contribution in [0.1, 0.15) is 51.9 Å². The lowest BCUT2D eigenvalue weighted by atomic mass is 9.83. The lowest BCUT2D eigenvalue weighted by molar-refractivity contribution is 0.184. The van der Waals surface area contributed by atoms with Crippen molar-refractivity contribution in [2.75, 3.05) is 0 Å². The highest BCUT2D eigenvalue weighted by molar-refractivity contribution is 5.64. The largest absolute Gasteiger partial charge is 0.465 e. The number of rotatable bonds is 5. The third-order valence-corrected chi connectivity index (χ3v) is 3.60. The van der Waals surface area contributed by atoms with Gasteiger partial charge in [0.25, 0.3) is 0 Å². The Morgan fingerprint density at radius 1 is 1.44 bits per heavy atom. The molecule has 1 saturated carbocycles. The molecule has 0 heterocycles. The molecule has 0 saturated heterocycles. The summed E-state index contributed by atoms with van der Waals surface area (Å²) in [6, 6.07) is -0.136. The minimum Gasteiger partial charge on any atom is -0.465 e. The first-order valence-corrected chi connectivity index (χ1v) is 6.38. The molecular weight excluding hydrogens is 204 g/mol. The summed E-state index contributed by atoms with van der Waals surface area (Å²) in [6.07, 6.45) is 7.23. The van der Waals surface area contributed by atoms with Gasteiger partial charge in [0.2, 0.25) is 0 Å². The molecule has 94 valence electrons. The molecule has 2 atom stereocenters. The molecule has 0 aliphatic heterocycles. The topological polar surface area (TPSA) is 75.3 Å². The second kappa shape index (κ2) is 6.74. The SMILES string of the molecule is CC[C@@H](NC(=O)O)[C@H](N)CC1CCCCC1. The van der Waals surface area contributed by atoms with Crippen molar-refractivity contribution in [1.29, 1.82) is 0 Å². The molecule has 1 rings (SSSR count). The Labute approximate surface area is 97.6 Å². The van der Waals surface area contributed by atoms with E-state index in [4.69, 9.17) is 10.8 Å². The third kappa shape index (κ3) is 4.39. The maximum Gasteiger partial charge on any atom is 0.404 e. The van der Waals surface area contributed by atoms with Crippen LogP contribution in [0.15, 0.2) is 0 Å². The van der Waals surface area contributed by atoms with Gasteiger partial charge in [0.05, 0.1) is 0 Å². The quantitative estimate of drug-likeness (QED) is 0.676. The molecule has 0 bridgehead atoms. The molecule has 1 amide bonds. The molecule has 1 aliphatic carbocycles. The Hall–Kier alpha value is -0.770. The van der Waals surface area contributed by atoms with Gasteiger partial charge in [0, 0.05) is 12.1 Å². The van der Waals surface area contributed by atoms with Crippen molar-refractivity contribution in [3.8, 4) is 0 Å². The van der Waals surface area contributed by atoms with Crippen LogP contribution in [-0.2, 0) is 0 Å². The molecular formula is C12H24N2O2. The van der Waals surface area contributed by atoms with Crippen molar-refractivity contribution in [2.45, 2.75) is 64.0 Å². The Bertz CT molecular complexity index is 215. The van der Waals surface area contributed by atoms with Crippen LogP contribution in [0.5, 0.6) is 0 Å². The monoisotopic (exact) mass is 228 g/mol. The molecule has 4 heteroatoms. The van der Waals surface area contributed by atoms with Gasteiger partial charge in [-0.1, -0.05) is 39.0 Å². The van der Waals surface area contributed by atoms with Crippen LogP contribution in [-0.4, -0.2) is 23.3 Å². The summed E-state index contributed by atoms with van der Waals surface area (Å²) in [5, 5.41) is 11.2. The van der Waals surface area contributed by atoms with Gasteiger partial charge in [0.1, 0.15) is 0 Å². The number of hydrogen-bond donors (Lipinski definition) is 3. The van der Waals surface area contributed by atoms with Crippen molar-refractivity contribution < 1.29 is 9.90 Å². The second-order valence-corrected chi connectivity index (χ2v) is 4.87. The van der Waals surface area contributed by atoms with Crippen LogP contribution in [0.3, 0.4) is 0 Å². The fourth-order valence-electron chi connectivity index (χ4n) is 2.64. The molecule has 1 aliphatic rings. The average Bonchev–Trinajstić information content (AvgIpc) is 2.26. The minimum atomic E-state index is -0.967. The van der Waals surface area contributed by atoms with Crippen molar-refractivity contribution in [2.24, 2.45) is 11.7 Å². The highest BCUT2D eigenvalue weighted by atomic mass is 16.4. The van der Waals surface area contributed by atoms with Gasteiger partial charge in [0.15, 0.2) is 0 Å². The normalized spacial score (nSPS) is 21.4. The van der Waals surface area contributed by atoms with E-state index in [1.165, 1.54) is 32.1 Å². The summed E-state index contributed by atoms with van der Waals surface area (Å²) in [5.41, 5.74) is 6.08. The fourth-order valence-corrected chi connectivity index (χ4v) is 2.64. The molecule has 4 N–H and O–H groups in total. The van der Waals surface area contributed by atoms with E-state index >= 15 is 0 Å². The predicted octanol–water partition coefficient (Wildman–Crippen LogP) is 2.33. The second-order valence-electron chi connectivity index (χ2n) is 4.87. The summed E-state index contributed by atoms with van der Waals surface area (Å²) in [5.74, 6) is 0.702. The Balaban J connectivity index is 2.35. The maximum absolute atomic E-state index is 10.6. The van der Waals surface area contributed by atoms with Gasteiger partial charge in [-0.05, 0) is 18.8 Å². The summed E-state index contributed by atoms with van der Waals surface area (Å²) in [7, 11) is 0. The highest BCUT2D eigenvalue weighted by Crippen LogP contribution is 2.27. The Morgan fingerprint density at radius 2 is 2.06 bits per heavy atom. The highest BCUT2D eigenvalue weighted by Gasteiger charge is 2.22. The van der Waals surface area contributed by atoms with E-state index in [0.717, 1.165) is 12.8 Å². The van der Waals surface area contributed by atoms with Crippen LogP contribution in [0.25, 0.3) is 0 Å². The van der Waals surface area contributed by atoms with Gasteiger partial charge in [-0.2, -0.15) is 0 Å². The van der Waals surface area contributed by atoms with Gasteiger partial charge in [-0.3, -0.25) is 0 Å². The van der Waals surface area contributed by atoms with E-state index < -0.39 is 6.09 Å². The molecule has 4 nitrogen and oxygen atoms in total. The van der Waals surface area contributed by atoms with E-state index in [9.17, 15) is 4.79 Å². The van der Waals surface area contributed by atoms with Crippen molar-refractivity contribution in [3.05, 3.63) is 0 Å². The zero-order valence-electron chi connectivity index (χ0n) is 10.1. The van der Waals surface area contributed by atoms with Crippen LogP contribution < -0.4 is 11.1 Å². The molecule has 0 aromatic carbocycles. The molecule has 0 radical (unpaired) electrons. The zero-order valence-corrected chi connectivity index (χ0v) is 10.1. The van der Waals surface area contributed by atoms with Crippen LogP contribution in [0.4, 0.5) is 4.79 Å². The smallest absolute Gasteiger partial charge is 0.404 e. The number of carboxylic acid groups (broad SMARTS) is 1. The van der Waals surface area contributed by atoms with E-state index in [1.54, 1.807) is 0 Å². The fraction of sp³-hybridized carbons (Fsp3) is 0.917. The number of amides is 1. The predicted molar refractivity (Wildman–Crippen MR) is 64.4 cm³/mol. The summed E-state index contributed by atoms with van der Waals surface area (Å²) in [6.45, 7) is 1.97. The number of nitrogens with one attached hydrogen (secondary N) is 1. The first kappa shape index (κ1) is 13.3. The van der Waals surface area contributed by atoms with Crippen molar-refractivity contribution >= 4 is 6.09 Å². The van der Waals surface area contributed by atoms with Crippen molar-refractivity contribution in [3.63, 3.8) is 0 Å². The van der Waals surface area contributed by atoms with Gasteiger partial charge < -0.3 is 16.2 Å². The Morgan fingerprint density at radius 3 is 2.56 bits per heavy atom. The average molecular weight is 228 g/mol. The van der Waals surface area contributed by atoms with Crippen LogP contribution in [0.2, 0.25) is 0 Å². The van der Waals surface area contributed by atoms with Gasteiger partial charge in [-0.15, -0.1) is 0 Å². The zero-order chi connectivity index (χ0) is 12.0. The summed E-state index contributed by atoms with van der Waals surface area (Å²) in [4.78, 5) is 10.6. The van der Waals surface area contributed by atoms with Crippen LogP contribution in [0, 0.1) is 5.92 Å². The maximum atomic E-state index is 10.6. The molecule has 0 aromatic heterocycles. The number of hydrogen-bond acceptors (Lipinski definition) is 2. The summed E-state index contributed by atoms with van der Waals surface area (Å²) < 4.78 is 0. The summed E-state index contributed by atoms with van der Waals surface area (Å²) >= 11 is 0. The molecule has 1 fully saturated rings. The van der Waals surface area contributed by atoms with Gasteiger partial charge in [-0.25, -0.2) is 4.79 Å². The Kier molecular flexibility index (Phi) is 5.60. The lowest BCUT2D eigenvalue weighted by Gasteiger charge is -2.28. The number of carbonyl (C=O) groups is 1. The van der Waals surface area contributed by atoms with E-state index in [1.807, 2.05) is 6.92 Å². The van der Waals surface area contributed by atoms with E-state index in [2.05, 4.69) is 5.32 Å². The molecule has 0 aromatic rings. The standard InChI is InChI=1S/C12H24N2O2/c1-2-11(14-12(15)16)10(13)8-9-6-4-3-5-7-9/h9-11,14H,2-8,13H2,1H3,(H,15,16)/t10-,11-/m1/s1. The molecule has 16 heavy (non-hydrogen) atoms. The first-order valence-electron chi connectivity index (χ1n) is 6.38. The molecule has 0 spiro atoms. The van der Waals surface area contributed by atoms with Gasteiger partial charge >= 0.3 is 6.09 Å². The van der Waals surface area contributed by atoms with E-state index in [0.29, 0.717) is 5.92 Å². The first-order chi connectivity index (χ1) is 7.63. The third-order valence-electron chi connectivity index (χ3n) is 3.60. The minimum absolute atomic E-state index is 0.0378. The van der Waals surface area contributed by atoms with E-state index in [-0.39, 0.29) is 12.1 Å². The molecule has 0 unspecified atom stereocenters. The van der Waals surface area contributed by atoms with Crippen LogP contribution >= 0.6 is 0 Å². The van der Waals surface area contributed by atoms with Crippen molar-refractivity contribution in [1.82, 2.24) is 5.32 Å². The lowest BCUT2D eigenvalue weighted by Crippen LogP contribution is -2.47. The number of nitrogens with two attached hydrogens (primary N) is 1.